The van der Waals surface area contributed by atoms with Gasteiger partial charge in [0, 0.05) is 19.4 Å². The van der Waals surface area contributed by atoms with E-state index in [2.05, 4.69) is 15.0 Å². The summed E-state index contributed by atoms with van der Waals surface area (Å²) in [6, 6.07) is 9.99. The van der Waals surface area contributed by atoms with Gasteiger partial charge in [0.05, 0.1) is 23.1 Å². The average molecular weight is 426 g/mol. The summed E-state index contributed by atoms with van der Waals surface area (Å²) in [6.45, 7) is 0. The maximum Gasteiger partial charge on any atom is 0.258 e. The highest BCUT2D eigenvalue weighted by molar-refractivity contribution is 7.89. The smallest absolute Gasteiger partial charge is 0.258 e. The first-order valence-electron chi connectivity index (χ1n) is 8.93. The molecule has 1 aliphatic rings. The quantitative estimate of drug-likeness (QED) is 0.575. The number of imidazole rings is 1. The number of fused-ring (bicyclic) bond motifs is 1. The lowest BCUT2D eigenvalue weighted by atomic mass is 10.1. The Bertz CT molecular complexity index is 1270. The fourth-order valence-corrected chi connectivity index (χ4v) is 4.49. The first-order valence-corrected chi connectivity index (χ1v) is 10.4. The Balaban J connectivity index is 1.76. The van der Waals surface area contributed by atoms with Gasteiger partial charge in [-0.3, -0.25) is 14.9 Å². The maximum absolute atomic E-state index is 13.2. The Morgan fingerprint density at radius 3 is 2.57 bits per heavy atom. The van der Waals surface area contributed by atoms with Gasteiger partial charge in [-0.05, 0) is 35.9 Å². The van der Waals surface area contributed by atoms with Gasteiger partial charge in [0.2, 0.25) is 10.0 Å². The molecule has 0 radical (unpaired) electrons. The van der Waals surface area contributed by atoms with Gasteiger partial charge in [-0.1, -0.05) is 12.1 Å². The van der Waals surface area contributed by atoms with Crippen LogP contribution in [0, 0.1) is 0 Å². The third-order valence-corrected chi connectivity index (χ3v) is 6.25. The van der Waals surface area contributed by atoms with Crippen LogP contribution in [0.2, 0.25) is 0 Å². The molecule has 0 saturated heterocycles. The Morgan fingerprint density at radius 2 is 1.87 bits per heavy atom. The van der Waals surface area contributed by atoms with Crippen LogP contribution in [0.3, 0.4) is 0 Å². The fourth-order valence-electron chi connectivity index (χ4n) is 3.28. The topological polar surface area (TPSA) is 119 Å². The summed E-state index contributed by atoms with van der Waals surface area (Å²) in [5.74, 6) is -0.130. The van der Waals surface area contributed by atoms with E-state index in [4.69, 9.17) is 4.74 Å². The van der Waals surface area contributed by atoms with Gasteiger partial charge >= 0.3 is 0 Å². The van der Waals surface area contributed by atoms with E-state index in [0.29, 0.717) is 17.1 Å². The van der Waals surface area contributed by atoms with Crippen molar-refractivity contribution in [1.29, 1.82) is 0 Å². The molecule has 9 nitrogen and oxygen atoms in total. The predicted octanol–water partition coefficient (Wildman–Crippen LogP) is 1.38. The largest absolute Gasteiger partial charge is 0.497 e. The standard InChI is InChI=1S/C20H18N4O5S/c1-24-9-8-21-18(24)17(12-4-3-5-13(10-12)29-2)23-30(27,28)14-6-7-15-16(11-14)20(26)22-19(15)25/h3-11,17,23H,1-2H3,(H,22,25,26). The van der Waals surface area contributed by atoms with Gasteiger partial charge in [-0.2, -0.15) is 4.72 Å². The van der Waals surface area contributed by atoms with Crippen LogP contribution in [0.4, 0.5) is 0 Å². The predicted molar refractivity (Wildman–Crippen MR) is 107 cm³/mol. The molecule has 1 aliphatic heterocycles. The molecule has 0 bridgehead atoms. The maximum atomic E-state index is 13.2. The summed E-state index contributed by atoms with van der Waals surface area (Å²) in [5.41, 5.74) is 0.798. The Hall–Kier alpha value is -3.50. The number of imide groups is 1. The Kier molecular flexibility index (Phi) is 4.88. The van der Waals surface area contributed by atoms with E-state index >= 15 is 0 Å². The summed E-state index contributed by atoms with van der Waals surface area (Å²) in [7, 11) is -0.785. The SMILES string of the molecule is COc1cccc(C(NS(=O)(=O)c2ccc3c(c2)C(=O)NC3=O)c2nccn2C)c1. The molecule has 2 heterocycles. The summed E-state index contributed by atoms with van der Waals surface area (Å²) < 4.78 is 36.0. The van der Waals surface area contributed by atoms with Crippen LogP contribution in [0.15, 0.2) is 59.8 Å². The molecule has 154 valence electrons. The number of sulfonamides is 1. The molecule has 2 amide bonds. The van der Waals surface area contributed by atoms with Gasteiger partial charge in [-0.25, -0.2) is 13.4 Å². The molecular formula is C20H18N4O5S. The van der Waals surface area contributed by atoms with E-state index in [0.717, 1.165) is 0 Å². The second kappa shape index (κ2) is 7.39. The molecule has 1 aromatic heterocycles. The number of carbonyl (C=O) groups excluding carboxylic acids is 2. The van der Waals surface area contributed by atoms with E-state index in [9.17, 15) is 18.0 Å². The fraction of sp³-hybridized carbons (Fsp3) is 0.150. The van der Waals surface area contributed by atoms with Crippen molar-refractivity contribution in [2.75, 3.05) is 7.11 Å². The van der Waals surface area contributed by atoms with Gasteiger partial charge < -0.3 is 9.30 Å². The lowest BCUT2D eigenvalue weighted by Crippen LogP contribution is -2.31. The number of aromatic nitrogens is 2. The van der Waals surface area contributed by atoms with E-state index in [1.54, 1.807) is 48.3 Å². The summed E-state index contributed by atoms with van der Waals surface area (Å²) >= 11 is 0. The second-order valence-corrected chi connectivity index (χ2v) is 8.43. The number of nitrogens with one attached hydrogen (secondary N) is 2. The van der Waals surface area contributed by atoms with Crippen LogP contribution in [0.5, 0.6) is 5.75 Å². The Labute approximate surface area is 172 Å². The van der Waals surface area contributed by atoms with Crippen LogP contribution >= 0.6 is 0 Å². The molecule has 0 spiro atoms. The number of carbonyl (C=O) groups is 2. The first-order chi connectivity index (χ1) is 14.3. The van der Waals surface area contributed by atoms with Crippen molar-refractivity contribution < 1.29 is 22.7 Å². The van der Waals surface area contributed by atoms with Crippen LogP contribution in [-0.2, 0) is 17.1 Å². The minimum absolute atomic E-state index is 0.0257. The number of benzene rings is 2. The minimum atomic E-state index is -4.07. The van der Waals surface area contributed by atoms with Crippen molar-refractivity contribution in [3.05, 3.63) is 77.4 Å². The first kappa shape index (κ1) is 19.8. The van der Waals surface area contributed by atoms with Gasteiger partial charge in [0.15, 0.2) is 0 Å². The Morgan fingerprint density at radius 1 is 1.10 bits per heavy atom. The number of hydrogen-bond acceptors (Lipinski definition) is 6. The molecule has 3 aromatic rings. The van der Waals surface area contributed by atoms with Crippen molar-refractivity contribution in [2.24, 2.45) is 7.05 Å². The zero-order chi connectivity index (χ0) is 21.5. The van der Waals surface area contributed by atoms with E-state index in [-0.39, 0.29) is 16.0 Å². The molecule has 1 atom stereocenters. The third kappa shape index (κ3) is 3.46. The van der Waals surface area contributed by atoms with Gasteiger partial charge in [0.1, 0.15) is 17.6 Å². The summed E-state index contributed by atoms with van der Waals surface area (Å²) in [4.78, 5) is 27.8. The molecule has 10 heteroatoms. The van der Waals surface area contributed by atoms with E-state index in [1.165, 1.54) is 25.3 Å². The van der Waals surface area contributed by atoms with Crippen LogP contribution < -0.4 is 14.8 Å². The van der Waals surface area contributed by atoms with Crippen molar-refractivity contribution in [3.8, 4) is 5.75 Å². The monoisotopic (exact) mass is 426 g/mol. The zero-order valence-electron chi connectivity index (χ0n) is 16.1. The van der Waals surface area contributed by atoms with Crippen LogP contribution in [0.25, 0.3) is 0 Å². The van der Waals surface area contributed by atoms with E-state index in [1.807, 2.05) is 0 Å². The molecule has 1 unspecified atom stereocenters. The number of methoxy groups -OCH3 is 1. The number of nitrogens with zero attached hydrogens (tertiary/aromatic N) is 2. The second-order valence-electron chi connectivity index (χ2n) is 6.72. The molecule has 2 aromatic carbocycles. The minimum Gasteiger partial charge on any atom is -0.497 e. The number of aryl methyl sites for hydroxylation is 1. The number of amides is 2. The number of hydrogen-bond donors (Lipinski definition) is 2. The average Bonchev–Trinajstić information content (AvgIpc) is 3.28. The molecule has 2 N–H and O–H groups in total. The molecule has 0 saturated carbocycles. The van der Waals surface area contributed by atoms with Crippen LogP contribution in [0.1, 0.15) is 38.1 Å². The molecule has 0 fully saturated rings. The molecule has 30 heavy (non-hydrogen) atoms. The van der Waals surface area contributed by atoms with Crippen molar-refractivity contribution in [2.45, 2.75) is 10.9 Å². The lowest BCUT2D eigenvalue weighted by Gasteiger charge is -2.20. The molecule has 4 rings (SSSR count). The third-order valence-electron chi connectivity index (χ3n) is 4.83. The summed E-state index contributed by atoms with van der Waals surface area (Å²) in [5, 5.41) is 2.15. The number of rotatable bonds is 6. The highest BCUT2D eigenvalue weighted by Crippen LogP contribution is 2.27. The number of ether oxygens (including phenoxy) is 1. The summed E-state index contributed by atoms with van der Waals surface area (Å²) in [6.07, 6.45) is 3.28. The van der Waals surface area contributed by atoms with E-state index < -0.39 is 27.9 Å². The van der Waals surface area contributed by atoms with Gasteiger partial charge in [-0.15, -0.1) is 0 Å². The zero-order valence-corrected chi connectivity index (χ0v) is 16.9. The molecular weight excluding hydrogens is 408 g/mol. The normalized spacial score (nSPS) is 14.3. The van der Waals surface area contributed by atoms with Crippen molar-refractivity contribution in [1.82, 2.24) is 19.6 Å². The molecule has 0 aliphatic carbocycles. The van der Waals surface area contributed by atoms with Crippen LogP contribution in [-0.4, -0.2) is 36.9 Å². The highest BCUT2D eigenvalue weighted by atomic mass is 32.2. The lowest BCUT2D eigenvalue weighted by molar-refractivity contribution is 0.0879. The van der Waals surface area contributed by atoms with Crippen molar-refractivity contribution >= 4 is 21.8 Å². The van der Waals surface area contributed by atoms with Crippen molar-refractivity contribution in [3.63, 3.8) is 0 Å². The highest BCUT2D eigenvalue weighted by Gasteiger charge is 2.31. The van der Waals surface area contributed by atoms with Gasteiger partial charge in [0.25, 0.3) is 11.8 Å².